The summed E-state index contributed by atoms with van der Waals surface area (Å²) in [6.45, 7) is 1.87. The molecule has 1 aliphatic carbocycles. The molecule has 3 aliphatic rings. The molecule has 0 spiro atoms. The van der Waals surface area contributed by atoms with Crippen LogP contribution in [-0.2, 0) is 17.2 Å². The predicted octanol–water partition coefficient (Wildman–Crippen LogP) is 4.67. The average molecular weight is 489 g/mol. The van der Waals surface area contributed by atoms with Gasteiger partial charge in [0.15, 0.2) is 0 Å². The van der Waals surface area contributed by atoms with Gasteiger partial charge in [0.2, 0.25) is 5.95 Å². The van der Waals surface area contributed by atoms with E-state index >= 15 is 0 Å². The zero-order valence-electron chi connectivity index (χ0n) is 19.1. The van der Waals surface area contributed by atoms with Gasteiger partial charge in [0.25, 0.3) is 0 Å². The number of nitrogens with zero attached hydrogens (tertiary/aromatic N) is 3. The van der Waals surface area contributed by atoms with Gasteiger partial charge in [0.05, 0.1) is 28.6 Å². The first-order chi connectivity index (χ1) is 16.1. The normalized spacial score (nSPS) is 24.8. The first-order valence-electron chi connectivity index (χ1n) is 12.3. The molecule has 2 aliphatic heterocycles. The first-order valence-corrected chi connectivity index (χ1v) is 14.0. The van der Waals surface area contributed by atoms with Crippen molar-refractivity contribution in [1.82, 2.24) is 9.97 Å². The number of rotatable bonds is 5. The SMILES string of the molecule is O=S1CCCCc2nc(N3CCCC(c4ccc(Cl)cc4)CC3)nc(NC3(CO)CCC3)c21. The fourth-order valence-corrected chi connectivity index (χ4v) is 6.81. The summed E-state index contributed by atoms with van der Waals surface area (Å²) in [5, 5.41) is 14.3. The number of aliphatic hydroxyl groups is 1. The van der Waals surface area contributed by atoms with Crippen molar-refractivity contribution in [3.63, 3.8) is 0 Å². The minimum Gasteiger partial charge on any atom is -0.394 e. The number of benzene rings is 1. The van der Waals surface area contributed by atoms with E-state index in [1.807, 2.05) is 12.1 Å². The lowest BCUT2D eigenvalue weighted by molar-refractivity contribution is 0.143. The van der Waals surface area contributed by atoms with Gasteiger partial charge in [-0.15, -0.1) is 0 Å². The molecule has 1 saturated carbocycles. The molecule has 2 fully saturated rings. The van der Waals surface area contributed by atoms with E-state index in [9.17, 15) is 9.32 Å². The lowest BCUT2D eigenvalue weighted by atomic mass is 9.77. The Bertz CT molecular complexity index is 1010. The molecular formula is C25H33ClN4O2S. The first kappa shape index (κ1) is 23.1. The Morgan fingerprint density at radius 1 is 1.09 bits per heavy atom. The fraction of sp³-hybridized carbons (Fsp3) is 0.600. The summed E-state index contributed by atoms with van der Waals surface area (Å²) >= 11 is 6.08. The molecule has 1 aromatic heterocycles. The second-order valence-electron chi connectivity index (χ2n) is 9.74. The van der Waals surface area contributed by atoms with Crippen LogP contribution in [0.3, 0.4) is 0 Å². The van der Waals surface area contributed by atoms with Crippen LogP contribution in [-0.4, -0.2) is 50.3 Å². The summed E-state index contributed by atoms with van der Waals surface area (Å²) in [4.78, 5) is 13.0. The molecule has 5 rings (SSSR count). The molecule has 0 amide bonds. The van der Waals surface area contributed by atoms with Crippen LogP contribution in [0, 0.1) is 0 Å². The molecule has 1 saturated heterocycles. The quantitative estimate of drug-likeness (QED) is 0.636. The van der Waals surface area contributed by atoms with Gasteiger partial charge in [-0.1, -0.05) is 23.7 Å². The second kappa shape index (κ2) is 9.88. The number of aromatic nitrogens is 2. The zero-order chi connectivity index (χ0) is 22.8. The number of aryl methyl sites for hydroxylation is 1. The van der Waals surface area contributed by atoms with Gasteiger partial charge in [0.1, 0.15) is 10.7 Å². The Labute approximate surface area is 203 Å². The zero-order valence-corrected chi connectivity index (χ0v) is 20.6. The number of aliphatic hydroxyl groups excluding tert-OH is 1. The fourth-order valence-electron chi connectivity index (χ4n) is 5.29. The largest absolute Gasteiger partial charge is 0.394 e. The van der Waals surface area contributed by atoms with Crippen LogP contribution in [0.2, 0.25) is 5.02 Å². The molecule has 3 heterocycles. The van der Waals surface area contributed by atoms with Crippen molar-refractivity contribution in [3.8, 4) is 0 Å². The molecule has 1 aromatic carbocycles. The highest BCUT2D eigenvalue weighted by Gasteiger charge is 2.38. The van der Waals surface area contributed by atoms with Crippen LogP contribution in [0.25, 0.3) is 0 Å². The third-order valence-corrected chi connectivity index (χ3v) is 9.29. The highest BCUT2D eigenvalue weighted by molar-refractivity contribution is 7.85. The third kappa shape index (κ3) is 4.91. The minimum absolute atomic E-state index is 0.0697. The molecule has 0 radical (unpaired) electrons. The van der Waals surface area contributed by atoms with Crippen LogP contribution < -0.4 is 10.2 Å². The summed E-state index contributed by atoms with van der Waals surface area (Å²) in [7, 11) is -1.11. The predicted molar refractivity (Wildman–Crippen MR) is 134 cm³/mol. The van der Waals surface area contributed by atoms with Crippen molar-refractivity contribution < 1.29 is 9.32 Å². The van der Waals surface area contributed by atoms with Crippen LogP contribution in [0.15, 0.2) is 29.2 Å². The number of hydrogen-bond donors (Lipinski definition) is 2. The standard InChI is InChI=1S/C25H33ClN4O2S/c26-20-9-7-19(8-10-20)18-5-3-14-30(15-11-18)24-27-21-6-1-2-16-33(32)22(21)23(28-24)29-25(17-31)12-4-13-25/h7-10,18,31H,1-6,11-17H2,(H,27,28,29). The van der Waals surface area contributed by atoms with Gasteiger partial charge in [-0.3, -0.25) is 4.21 Å². The van der Waals surface area contributed by atoms with Crippen LogP contribution in [0.1, 0.15) is 68.5 Å². The van der Waals surface area contributed by atoms with Crippen molar-refractivity contribution in [2.45, 2.75) is 74.1 Å². The van der Waals surface area contributed by atoms with E-state index in [1.54, 1.807) is 0 Å². The minimum atomic E-state index is -1.11. The van der Waals surface area contributed by atoms with E-state index in [4.69, 9.17) is 21.6 Å². The molecule has 6 nitrogen and oxygen atoms in total. The lowest BCUT2D eigenvalue weighted by Gasteiger charge is -2.42. The Balaban J connectivity index is 1.43. The summed E-state index contributed by atoms with van der Waals surface area (Å²) in [6, 6.07) is 8.24. The number of anilines is 2. The van der Waals surface area contributed by atoms with Gasteiger partial charge >= 0.3 is 0 Å². The van der Waals surface area contributed by atoms with Crippen molar-refractivity contribution in [2.75, 3.05) is 35.7 Å². The number of hydrogen-bond acceptors (Lipinski definition) is 6. The lowest BCUT2D eigenvalue weighted by Crippen LogP contribution is -2.49. The molecule has 33 heavy (non-hydrogen) atoms. The maximum absolute atomic E-state index is 13.1. The number of halogens is 1. The van der Waals surface area contributed by atoms with Gasteiger partial charge in [0, 0.05) is 23.9 Å². The molecule has 2 aromatic rings. The smallest absolute Gasteiger partial charge is 0.227 e. The molecule has 8 heteroatoms. The van der Waals surface area contributed by atoms with Crippen LogP contribution >= 0.6 is 11.6 Å². The summed E-state index contributed by atoms with van der Waals surface area (Å²) in [6.07, 6.45) is 8.93. The van der Waals surface area contributed by atoms with Gasteiger partial charge in [-0.25, -0.2) is 4.98 Å². The van der Waals surface area contributed by atoms with Crippen molar-refractivity contribution in [2.24, 2.45) is 0 Å². The van der Waals surface area contributed by atoms with E-state index in [0.29, 0.717) is 17.5 Å². The second-order valence-corrected chi connectivity index (χ2v) is 11.7. The summed E-state index contributed by atoms with van der Waals surface area (Å²) in [5.41, 5.74) is 1.93. The maximum atomic E-state index is 13.1. The highest BCUT2D eigenvalue weighted by atomic mass is 35.5. The molecule has 178 valence electrons. The van der Waals surface area contributed by atoms with Crippen molar-refractivity contribution in [3.05, 3.63) is 40.5 Å². The van der Waals surface area contributed by atoms with E-state index in [2.05, 4.69) is 22.3 Å². The maximum Gasteiger partial charge on any atom is 0.227 e. The molecule has 2 N–H and O–H groups in total. The highest BCUT2D eigenvalue weighted by Crippen LogP contribution is 2.38. The van der Waals surface area contributed by atoms with Crippen LogP contribution in [0.5, 0.6) is 0 Å². The van der Waals surface area contributed by atoms with E-state index in [1.165, 1.54) is 5.56 Å². The topological polar surface area (TPSA) is 78.4 Å². The average Bonchev–Trinajstić information content (AvgIpc) is 3.15. The molecular weight excluding hydrogens is 456 g/mol. The van der Waals surface area contributed by atoms with Crippen LogP contribution in [0.4, 0.5) is 11.8 Å². The number of fused-ring (bicyclic) bond motifs is 1. The molecule has 0 bridgehead atoms. The Morgan fingerprint density at radius 3 is 2.64 bits per heavy atom. The van der Waals surface area contributed by atoms with E-state index < -0.39 is 10.8 Å². The van der Waals surface area contributed by atoms with E-state index in [-0.39, 0.29) is 12.1 Å². The van der Waals surface area contributed by atoms with Gasteiger partial charge < -0.3 is 15.3 Å². The van der Waals surface area contributed by atoms with E-state index in [0.717, 1.165) is 92.4 Å². The third-order valence-electron chi connectivity index (χ3n) is 7.49. The Morgan fingerprint density at radius 2 is 1.91 bits per heavy atom. The Kier molecular flexibility index (Phi) is 6.91. The molecule has 2 atom stereocenters. The van der Waals surface area contributed by atoms with Crippen molar-refractivity contribution >= 4 is 34.2 Å². The summed E-state index contributed by atoms with van der Waals surface area (Å²) in [5.74, 6) is 2.58. The monoisotopic (exact) mass is 488 g/mol. The number of nitrogens with one attached hydrogen (secondary N) is 1. The van der Waals surface area contributed by atoms with Gasteiger partial charge in [-0.2, -0.15) is 4.98 Å². The van der Waals surface area contributed by atoms with Crippen molar-refractivity contribution in [1.29, 1.82) is 0 Å². The summed E-state index contributed by atoms with van der Waals surface area (Å²) < 4.78 is 13.1. The molecule has 2 unspecified atom stereocenters. The van der Waals surface area contributed by atoms with Gasteiger partial charge in [-0.05, 0) is 81.4 Å². The Hall–Kier alpha value is -1.70.